The van der Waals surface area contributed by atoms with E-state index in [1.807, 2.05) is 0 Å². The Balaban J connectivity index is 2.35. The van der Waals surface area contributed by atoms with Crippen LogP contribution < -0.4 is 10.5 Å². The van der Waals surface area contributed by atoms with Crippen LogP contribution in [0, 0.1) is 12.7 Å². The number of hydrogen-bond donors (Lipinski definition) is 2. The molecule has 1 aliphatic heterocycles. The molecule has 0 radical (unpaired) electrons. The maximum absolute atomic E-state index is 13.5. The highest BCUT2D eigenvalue weighted by Gasteiger charge is 2.28. The number of anilines is 1. The van der Waals surface area contributed by atoms with E-state index in [1.54, 1.807) is 0 Å². The van der Waals surface area contributed by atoms with Gasteiger partial charge in [-0.05, 0) is 19.1 Å². The van der Waals surface area contributed by atoms with Crippen LogP contribution in [-0.2, 0) is 19.9 Å². The molecule has 0 aliphatic carbocycles. The lowest BCUT2D eigenvalue weighted by molar-refractivity contribution is 0.569. The fourth-order valence-corrected chi connectivity index (χ4v) is 4.68. The molecule has 0 spiro atoms. The van der Waals surface area contributed by atoms with Gasteiger partial charge in [0, 0.05) is 16.7 Å². The molecule has 6 nitrogen and oxygen atoms in total. The second-order valence-corrected chi connectivity index (χ2v) is 8.13. The molecule has 0 saturated carbocycles. The van der Waals surface area contributed by atoms with E-state index in [-0.39, 0.29) is 21.9 Å². The molecule has 0 saturated heterocycles. The molecular formula is C11H13FN2O4S2. The predicted octanol–water partition coefficient (Wildman–Crippen LogP) is 0.305. The Morgan fingerprint density at radius 2 is 2.05 bits per heavy atom. The van der Waals surface area contributed by atoms with Crippen molar-refractivity contribution in [3.8, 4) is 0 Å². The van der Waals surface area contributed by atoms with E-state index in [1.165, 1.54) is 13.0 Å². The van der Waals surface area contributed by atoms with E-state index in [2.05, 4.69) is 4.72 Å². The number of benzene rings is 1. The standard InChI is InChI=1S/C11H13FN2O4S2/c1-7-10(12)4-8(13)5-11(7)20(17,18)14-9-2-3-19(15,16)6-9/h2-5,9,14H,6,13H2,1H3. The van der Waals surface area contributed by atoms with Crippen LogP contribution in [0.25, 0.3) is 0 Å². The molecule has 1 aromatic carbocycles. The molecule has 1 atom stereocenters. The fourth-order valence-electron chi connectivity index (χ4n) is 1.86. The van der Waals surface area contributed by atoms with Crippen LogP contribution in [-0.4, -0.2) is 28.6 Å². The zero-order valence-corrected chi connectivity index (χ0v) is 12.1. The quantitative estimate of drug-likeness (QED) is 0.779. The van der Waals surface area contributed by atoms with Gasteiger partial charge in [0.25, 0.3) is 0 Å². The number of nitrogen functional groups attached to an aromatic ring is 1. The Morgan fingerprint density at radius 3 is 2.60 bits per heavy atom. The molecule has 0 fully saturated rings. The molecule has 9 heteroatoms. The summed E-state index contributed by atoms with van der Waals surface area (Å²) in [6.45, 7) is 1.31. The summed E-state index contributed by atoms with van der Waals surface area (Å²) in [4.78, 5) is -0.298. The van der Waals surface area contributed by atoms with Crippen molar-refractivity contribution < 1.29 is 21.2 Å². The molecule has 3 N–H and O–H groups in total. The molecule has 1 aliphatic rings. The first-order valence-electron chi connectivity index (χ1n) is 5.60. The van der Waals surface area contributed by atoms with E-state index in [4.69, 9.17) is 5.73 Å². The van der Waals surface area contributed by atoms with Gasteiger partial charge < -0.3 is 5.73 Å². The minimum atomic E-state index is -4.06. The number of nitrogens with two attached hydrogens (primary N) is 1. The summed E-state index contributed by atoms with van der Waals surface area (Å²) < 4.78 is 62.5. The van der Waals surface area contributed by atoms with Crippen LogP contribution in [0.3, 0.4) is 0 Å². The lowest BCUT2D eigenvalue weighted by atomic mass is 10.2. The minimum absolute atomic E-state index is 0.0249. The summed E-state index contributed by atoms with van der Waals surface area (Å²) in [7, 11) is -7.44. The highest BCUT2D eigenvalue weighted by molar-refractivity contribution is 7.94. The van der Waals surface area contributed by atoms with Crippen molar-refractivity contribution in [1.82, 2.24) is 4.72 Å². The Morgan fingerprint density at radius 1 is 1.40 bits per heavy atom. The zero-order chi connectivity index (χ0) is 15.1. The Kier molecular flexibility index (Phi) is 3.61. The van der Waals surface area contributed by atoms with Crippen LogP contribution in [0.1, 0.15) is 5.56 Å². The maximum Gasteiger partial charge on any atom is 0.241 e. The lowest BCUT2D eigenvalue weighted by Crippen LogP contribution is -2.36. The first-order valence-corrected chi connectivity index (χ1v) is 8.79. The van der Waals surface area contributed by atoms with Gasteiger partial charge in [0.2, 0.25) is 10.0 Å². The van der Waals surface area contributed by atoms with E-state index in [0.29, 0.717) is 0 Å². The fraction of sp³-hybridized carbons (Fsp3) is 0.273. The van der Waals surface area contributed by atoms with Gasteiger partial charge in [-0.3, -0.25) is 0 Å². The van der Waals surface area contributed by atoms with Crippen LogP contribution in [0.4, 0.5) is 10.1 Å². The number of sulfonamides is 1. The summed E-state index contributed by atoms with van der Waals surface area (Å²) >= 11 is 0. The third-order valence-corrected chi connectivity index (χ3v) is 5.86. The highest BCUT2D eigenvalue weighted by Crippen LogP contribution is 2.22. The number of rotatable bonds is 3. The van der Waals surface area contributed by atoms with Gasteiger partial charge in [-0.15, -0.1) is 0 Å². The Bertz CT molecular complexity index is 785. The van der Waals surface area contributed by atoms with Crippen molar-refractivity contribution in [2.75, 3.05) is 11.5 Å². The third kappa shape index (κ3) is 3.00. The molecule has 0 amide bonds. The number of hydrogen-bond acceptors (Lipinski definition) is 5. The molecule has 0 bridgehead atoms. The predicted molar refractivity (Wildman–Crippen MR) is 72.6 cm³/mol. The normalized spacial score (nSPS) is 21.2. The van der Waals surface area contributed by atoms with Gasteiger partial charge in [0.15, 0.2) is 9.84 Å². The van der Waals surface area contributed by atoms with E-state index < -0.39 is 31.7 Å². The van der Waals surface area contributed by atoms with Gasteiger partial charge >= 0.3 is 0 Å². The summed E-state index contributed by atoms with van der Waals surface area (Å²) in [5.74, 6) is -1.09. The van der Waals surface area contributed by atoms with Gasteiger partial charge in [0.1, 0.15) is 5.82 Å². The van der Waals surface area contributed by atoms with Crippen molar-refractivity contribution in [2.24, 2.45) is 0 Å². The monoisotopic (exact) mass is 320 g/mol. The average Bonchev–Trinajstić information content (AvgIpc) is 2.62. The van der Waals surface area contributed by atoms with Crippen molar-refractivity contribution >= 4 is 25.5 Å². The Labute approximate surface area is 116 Å². The van der Waals surface area contributed by atoms with Crippen molar-refractivity contribution in [2.45, 2.75) is 17.9 Å². The second-order valence-electron chi connectivity index (χ2n) is 4.51. The van der Waals surface area contributed by atoms with E-state index >= 15 is 0 Å². The molecular weight excluding hydrogens is 307 g/mol. The van der Waals surface area contributed by atoms with Crippen molar-refractivity contribution in [1.29, 1.82) is 0 Å². The second kappa shape index (κ2) is 4.83. The molecule has 0 aromatic heterocycles. The smallest absolute Gasteiger partial charge is 0.241 e. The lowest BCUT2D eigenvalue weighted by Gasteiger charge is -2.13. The minimum Gasteiger partial charge on any atom is -0.399 e. The first kappa shape index (κ1) is 14.9. The van der Waals surface area contributed by atoms with Gasteiger partial charge in [-0.1, -0.05) is 6.08 Å². The van der Waals surface area contributed by atoms with Crippen LogP contribution in [0.15, 0.2) is 28.5 Å². The van der Waals surface area contributed by atoms with Gasteiger partial charge in [0.05, 0.1) is 16.7 Å². The van der Waals surface area contributed by atoms with Crippen molar-refractivity contribution in [3.05, 3.63) is 35.0 Å². The summed E-state index contributed by atoms with van der Waals surface area (Å²) in [6, 6.07) is 1.29. The average molecular weight is 320 g/mol. The number of sulfone groups is 1. The van der Waals surface area contributed by atoms with Gasteiger partial charge in [-0.25, -0.2) is 25.9 Å². The van der Waals surface area contributed by atoms with Crippen molar-refractivity contribution in [3.63, 3.8) is 0 Å². The molecule has 1 unspecified atom stereocenters. The number of halogens is 1. The van der Waals surface area contributed by atoms with Gasteiger partial charge in [-0.2, -0.15) is 0 Å². The summed E-state index contributed by atoms with van der Waals surface area (Å²) in [5, 5.41) is 0.951. The number of nitrogens with one attached hydrogen (secondary N) is 1. The molecule has 110 valence electrons. The third-order valence-electron chi connectivity index (χ3n) is 2.85. The maximum atomic E-state index is 13.5. The zero-order valence-electron chi connectivity index (χ0n) is 10.5. The summed E-state index contributed by atoms with van der Waals surface area (Å²) in [5.41, 5.74) is 5.34. The summed E-state index contributed by atoms with van der Waals surface area (Å²) in [6.07, 6.45) is 1.24. The van der Waals surface area contributed by atoms with E-state index in [9.17, 15) is 21.2 Å². The first-order chi connectivity index (χ1) is 9.11. The van der Waals surface area contributed by atoms with E-state index in [0.717, 1.165) is 17.5 Å². The molecule has 2 rings (SSSR count). The Hall–Kier alpha value is -1.45. The largest absolute Gasteiger partial charge is 0.399 e. The SMILES string of the molecule is Cc1c(F)cc(N)cc1S(=O)(=O)NC1C=CS(=O)(=O)C1. The molecule has 1 aromatic rings. The molecule has 20 heavy (non-hydrogen) atoms. The van der Waals surface area contributed by atoms with Crippen LogP contribution in [0.2, 0.25) is 0 Å². The highest BCUT2D eigenvalue weighted by atomic mass is 32.2. The molecule has 1 heterocycles. The van der Waals surface area contributed by atoms with Crippen LogP contribution in [0.5, 0.6) is 0 Å². The van der Waals surface area contributed by atoms with Crippen LogP contribution >= 0.6 is 0 Å². The topological polar surface area (TPSA) is 106 Å².